The van der Waals surface area contributed by atoms with Gasteiger partial charge in [0.1, 0.15) is 5.82 Å². The minimum Gasteiger partial charge on any atom is -0.207 e. The Kier molecular flexibility index (Phi) is 3.60. The van der Waals surface area contributed by atoms with E-state index >= 15 is 0 Å². The summed E-state index contributed by atoms with van der Waals surface area (Å²) in [5.41, 5.74) is 4.80. The summed E-state index contributed by atoms with van der Waals surface area (Å²) in [5.74, 6) is -0.187. The summed E-state index contributed by atoms with van der Waals surface area (Å²) in [6.45, 7) is 0. The highest BCUT2D eigenvalue weighted by atomic mass is 19.1. The molecule has 0 fully saturated rings. The van der Waals surface area contributed by atoms with Crippen LogP contribution in [0.2, 0.25) is 0 Å². The average Bonchev–Trinajstić information content (AvgIpc) is 2.51. The summed E-state index contributed by atoms with van der Waals surface area (Å²) in [7, 11) is 0. The summed E-state index contributed by atoms with van der Waals surface area (Å²) in [5, 5.41) is 0. The van der Waals surface area contributed by atoms with E-state index in [2.05, 4.69) is 36.4 Å². The molecule has 3 rings (SSSR count). The zero-order valence-corrected chi connectivity index (χ0v) is 11.1. The van der Waals surface area contributed by atoms with E-state index in [0.29, 0.717) is 0 Å². The van der Waals surface area contributed by atoms with Crippen molar-refractivity contribution >= 4 is 0 Å². The fourth-order valence-electron chi connectivity index (χ4n) is 2.28. The molecule has 1 heteroatoms. The highest BCUT2D eigenvalue weighted by Gasteiger charge is 1.99. The minimum absolute atomic E-state index is 0.187. The highest BCUT2D eigenvalue weighted by Crippen LogP contribution is 2.20. The average molecular weight is 262 g/mol. The van der Waals surface area contributed by atoms with Crippen molar-refractivity contribution in [2.45, 2.75) is 6.42 Å². The predicted octanol–water partition coefficient (Wildman–Crippen LogP) is 5.08. The third kappa shape index (κ3) is 2.94. The number of rotatable bonds is 3. The summed E-state index contributed by atoms with van der Waals surface area (Å²) in [4.78, 5) is 0. The molecule has 0 atom stereocenters. The zero-order chi connectivity index (χ0) is 13.8. The van der Waals surface area contributed by atoms with Gasteiger partial charge in [-0.2, -0.15) is 0 Å². The van der Waals surface area contributed by atoms with Crippen LogP contribution >= 0.6 is 0 Å². The molecule has 3 aromatic carbocycles. The Morgan fingerprint density at radius 2 is 1.05 bits per heavy atom. The molecule has 0 bridgehead atoms. The molecule has 0 saturated carbocycles. The smallest absolute Gasteiger partial charge is 0.123 e. The number of hydrogen-bond donors (Lipinski definition) is 0. The molecule has 20 heavy (non-hydrogen) atoms. The Morgan fingerprint density at radius 3 is 1.65 bits per heavy atom. The van der Waals surface area contributed by atoms with Crippen LogP contribution in [-0.2, 0) is 6.42 Å². The minimum atomic E-state index is -0.187. The van der Waals surface area contributed by atoms with Crippen molar-refractivity contribution in [3.63, 3.8) is 0 Å². The molecular formula is C19H15F. The van der Waals surface area contributed by atoms with E-state index in [1.807, 2.05) is 30.3 Å². The molecular weight excluding hydrogens is 247 g/mol. The lowest BCUT2D eigenvalue weighted by Crippen LogP contribution is -1.88. The van der Waals surface area contributed by atoms with Gasteiger partial charge in [0.15, 0.2) is 0 Å². The van der Waals surface area contributed by atoms with E-state index in [1.165, 1.54) is 28.8 Å². The van der Waals surface area contributed by atoms with E-state index < -0.39 is 0 Å². The van der Waals surface area contributed by atoms with Crippen LogP contribution in [0.1, 0.15) is 11.1 Å². The maximum Gasteiger partial charge on any atom is 0.123 e. The third-order valence-corrected chi connectivity index (χ3v) is 3.38. The van der Waals surface area contributed by atoms with Gasteiger partial charge in [-0.3, -0.25) is 0 Å². The van der Waals surface area contributed by atoms with Gasteiger partial charge in [0.05, 0.1) is 0 Å². The van der Waals surface area contributed by atoms with Gasteiger partial charge in [-0.15, -0.1) is 0 Å². The van der Waals surface area contributed by atoms with E-state index in [1.54, 1.807) is 0 Å². The Bertz CT molecular complexity index is 667. The molecule has 0 radical (unpaired) electrons. The van der Waals surface area contributed by atoms with Crippen molar-refractivity contribution in [3.05, 3.63) is 95.8 Å². The van der Waals surface area contributed by atoms with Gasteiger partial charge in [0.25, 0.3) is 0 Å². The summed E-state index contributed by atoms with van der Waals surface area (Å²) < 4.78 is 12.9. The molecule has 0 spiro atoms. The molecule has 0 saturated heterocycles. The second kappa shape index (κ2) is 5.70. The van der Waals surface area contributed by atoms with Gasteiger partial charge in [0, 0.05) is 0 Å². The van der Waals surface area contributed by atoms with Gasteiger partial charge in [-0.25, -0.2) is 4.39 Å². The molecule has 0 unspecified atom stereocenters. The quantitative estimate of drug-likeness (QED) is 0.617. The van der Waals surface area contributed by atoms with E-state index in [4.69, 9.17) is 0 Å². The lowest BCUT2D eigenvalue weighted by Gasteiger charge is -2.05. The van der Waals surface area contributed by atoms with Gasteiger partial charge in [-0.1, -0.05) is 66.7 Å². The van der Waals surface area contributed by atoms with Crippen molar-refractivity contribution in [1.29, 1.82) is 0 Å². The standard InChI is InChI=1S/C19H15F/c20-19-12-8-16(9-13-19)14-15-6-10-18(11-7-15)17-4-2-1-3-5-17/h1-13H,14H2. The Balaban J connectivity index is 1.78. The molecule has 3 aromatic rings. The summed E-state index contributed by atoms with van der Waals surface area (Å²) in [6, 6.07) is 25.5. The van der Waals surface area contributed by atoms with Crippen LogP contribution < -0.4 is 0 Å². The Labute approximate surface area is 118 Å². The van der Waals surface area contributed by atoms with Gasteiger partial charge in [-0.05, 0) is 40.8 Å². The van der Waals surface area contributed by atoms with Crippen LogP contribution in [0.3, 0.4) is 0 Å². The largest absolute Gasteiger partial charge is 0.207 e. The first kappa shape index (κ1) is 12.6. The summed E-state index contributed by atoms with van der Waals surface area (Å²) >= 11 is 0. The second-order valence-electron chi connectivity index (χ2n) is 4.87. The van der Waals surface area contributed by atoms with Crippen LogP contribution in [0.5, 0.6) is 0 Å². The molecule has 0 amide bonds. The SMILES string of the molecule is Fc1ccc(Cc2ccc(-c3ccccc3)cc2)cc1. The van der Waals surface area contributed by atoms with Gasteiger partial charge < -0.3 is 0 Å². The van der Waals surface area contributed by atoms with Crippen molar-refractivity contribution < 1.29 is 4.39 Å². The maximum atomic E-state index is 12.9. The van der Waals surface area contributed by atoms with Crippen LogP contribution in [0.25, 0.3) is 11.1 Å². The normalized spacial score (nSPS) is 10.4. The monoisotopic (exact) mass is 262 g/mol. The number of halogens is 1. The highest BCUT2D eigenvalue weighted by molar-refractivity contribution is 5.63. The van der Waals surface area contributed by atoms with Crippen LogP contribution in [-0.4, -0.2) is 0 Å². The van der Waals surface area contributed by atoms with E-state index in [-0.39, 0.29) is 5.82 Å². The first-order valence-electron chi connectivity index (χ1n) is 6.70. The lowest BCUT2D eigenvalue weighted by atomic mass is 10.0. The lowest BCUT2D eigenvalue weighted by molar-refractivity contribution is 0.627. The molecule has 0 nitrogen and oxygen atoms in total. The number of hydrogen-bond acceptors (Lipinski definition) is 0. The van der Waals surface area contributed by atoms with Crippen molar-refractivity contribution in [3.8, 4) is 11.1 Å². The predicted molar refractivity (Wildman–Crippen MR) is 81.1 cm³/mol. The first-order chi connectivity index (χ1) is 9.81. The molecule has 0 heterocycles. The first-order valence-corrected chi connectivity index (χ1v) is 6.70. The molecule has 0 aliphatic heterocycles. The van der Waals surface area contributed by atoms with Crippen molar-refractivity contribution in [2.75, 3.05) is 0 Å². The third-order valence-electron chi connectivity index (χ3n) is 3.38. The van der Waals surface area contributed by atoms with Gasteiger partial charge >= 0.3 is 0 Å². The zero-order valence-electron chi connectivity index (χ0n) is 11.1. The van der Waals surface area contributed by atoms with Crippen LogP contribution in [0.15, 0.2) is 78.9 Å². The van der Waals surface area contributed by atoms with Crippen LogP contribution in [0, 0.1) is 5.82 Å². The summed E-state index contributed by atoms with van der Waals surface area (Å²) in [6.07, 6.45) is 0.829. The fourth-order valence-corrected chi connectivity index (χ4v) is 2.28. The molecule has 0 aliphatic carbocycles. The Morgan fingerprint density at radius 1 is 0.550 bits per heavy atom. The maximum absolute atomic E-state index is 12.9. The van der Waals surface area contributed by atoms with Crippen molar-refractivity contribution in [2.24, 2.45) is 0 Å². The van der Waals surface area contributed by atoms with Crippen molar-refractivity contribution in [1.82, 2.24) is 0 Å². The van der Waals surface area contributed by atoms with E-state index in [0.717, 1.165) is 12.0 Å². The number of benzene rings is 3. The molecule has 0 aliphatic rings. The molecule has 98 valence electrons. The topological polar surface area (TPSA) is 0 Å². The molecule has 0 N–H and O–H groups in total. The fraction of sp³-hybridized carbons (Fsp3) is 0.0526. The molecule has 0 aromatic heterocycles. The van der Waals surface area contributed by atoms with E-state index in [9.17, 15) is 4.39 Å². The second-order valence-corrected chi connectivity index (χ2v) is 4.87. The van der Waals surface area contributed by atoms with Crippen LogP contribution in [0.4, 0.5) is 4.39 Å². The Hall–Kier alpha value is -2.41. The van der Waals surface area contributed by atoms with Gasteiger partial charge in [0.2, 0.25) is 0 Å².